The van der Waals surface area contributed by atoms with Gasteiger partial charge >= 0.3 is 0 Å². The van der Waals surface area contributed by atoms with E-state index in [4.69, 9.17) is 11.6 Å². The first-order chi connectivity index (χ1) is 8.45. The van der Waals surface area contributed by atoms with Crippen molar-refractivity contribution >= 4 is 23.0 Å². The van der Waals surface area contributed by atoms with Gasteiger partial charge in [0.1, 0.15) is 11.5 Å². The van der Waals surface area contributed by atoms with E-state index in [2.05, 4.69) is 5.32 Å². The lowest BCUT2D eigenvalue weighted by atomic mass is 10.2. The third-order valence-electron chi connectivity index (χ3n) is 2.50. The molecule has 0 aromatic heterocycles. The molecule has 1 rings (SSSR count). The van der Waals surface area contributed by atoms with Crippen LogP contribution in [0.2, 0.25) is 5.02 Å². The quantitative estimate of drug-likeness (QED) is 0.619. The molecule has 0 aliphatic carbocycles. The van der Waals surface area contributed by atoms with Crippen molar-refractivity contribution < 1.29 is 14.4 Å². The lowest BCUT2D eigenvalue weighted by molar-refractivity contribution is -0.384. The molecule has 0 saturated carbocycles. The van der Waals surface area contributed by atoms with E-state index in [9.17, 15) is 19.6 Å². The van der Waals surface area contributed by atoms with Gasteiger partial charge in [0, 0.05) is 18.7 Å². The van der Waals surface area contributed by atoms with E-state index in [1.54, 1.807) is 0 Å². The lowest BCUT2D eigenvalue weighted by Gasteiger charge is -2.10. The number of aliphatic hydroxyl groups excluding tert-OH is 1. The molecular formula is C11H14ClFN2O3. The van der Waals surface area contributed by atoms with Crippen molar-refractivity contribution in [1.82, 2.24) is 0 Å². The molecule has 1 atom stereocenters. The van der Waals surface area contributed by atoms with Crippen molar-refractivity contribution in [2.24, 2.45) is 0 Å². The van der Waals surface area contributed by atoms with Gasteiger partial charge in [-0.1, -0.05) is 18.5 Å². The van der Waals surface area contributed by atoms with Crippen LogP contribution in [0.15, 0.2) is 12.1 Å². The molecular weight excluding hydrogens is 263 g/mol. The number of nitro groups is 1. The number of anilines is 1. The van der Waals surface area contributed by atoms with Gasteiger partial charge in [-0.05, 0) is 12.8 Å². The fourth-order valence-electron chi connectivity index (χ4n) is 1.41. The summed E-state index contributed by atoms with van der Waals surface area (Å²) in [6.07, 6.45) is 0.546. The molecule has 0 amide bonds. The van der Waals surface area contributed by atoms with Crippen LogP contribution in [0.25, 0.3) is 0 Å². The SMILES string of the molecule is CCC(O)CCNc1cc(F)c(Cl)cc1[N+](=O)[O-]. The molecule has 0 aliphatic rings. The normalized spacial score (nSPS) is 12.2. The molecule has 0 radical (unpaired) electrons. The highest BCUT2D eigenvalue weighted by Crippen LogP contribution is 2.30. The van der Waals surface area contributed by atoms with Gasteiger partial charge in [-0.2, -0.15) is 0 Å². The maximum absolute atomic E-state index is 13.2. The smallest absolute Gasteiger partial charge is 0.294 e. The van der Waals surface area contributed by atoms with E-state index in [0.29, 0.717) is 19.4 Å². The molecule has 1 unspecified atom stereocenters. The zero-order valence-corrected chi connectivity index (χ0v) is 10.6. The Hall–Kier alpha value is -1.40. The molecule has 5 nitrogen and oxygen atoms in total. The number of hydrogen-bond acceptors (Lipinski definition) is 4. The maximum atomic E-state index is 13.2. The Kier molecular flexibility index (Phi) is 5.30. The summed E-state index contributed by atoms with van der Waals surface area (Å²) < 4.78 is 13.2. The van der Waals surface area contributed by atoms with Gasteiger partial charge in [0.05, 0.1) is 16.0 Å². The first-order valence-electron chi connectivity index (χ1n) is 5.51. The third-order valence-corrected chi connectivity index (χ3v) is 2.79. The highest BCUT2D eigenvalue weighted by molar-refractivity contribution is 6.31. The van der Waals surface area contributed by atoms with Gasteiger partial charge in [-0.3, -0.25) is 10.1 Å². The minimum atomic E-state index is -0.721. The summed E-state index contributed by atoms with van der Waals surface area (Å²) in [7, 11) is 0. The summed E-state index contributed by atoms with van der Waals surface area (Å²) in [5.41, 5.74) is -0.224. The van der Waals surface area contributed by atoms with E-state index < -0.39 is 16.8 Å². The molecule has 0 heterocycles. The van der Waals surface area contributed by atoms with Crippen LogP contribution in [0.1, 0.15) is 19.8 Å². The minimum absolute atomic E-state index is 0.0604. The zero-order valence-electron chi connectivity index (χ0n) is 9.82. The Bertz CT molecular complexity index is 443. The Labute approximate surface area is 109 Å². The lowest BCUT2D eigenvalue weighted by Crippen LogP contribution is -2.13. The summed E-state index contributed by atoms with van der Waals surface area (Å²) in [5, 5.41) is 22.6. The molecule has 0 aliphatic heterocycles. The second-order valence-corrected chi connectivity index (χ2v) is 4.23. The molecule has 0 spiro atoms. The number of hydrogen-bond donors (Lipinski definition) is 2. The number of rotatable bonds is 6. The number of aliphatic hydroxyl groups is 1. The van der Waals surface area contributed by atoms with Crippen molar-refractivity contribution in [1.29, 1.82) is 0 Å². The average molecular weight is 277 g/mol. The van der Waals surface area contributed by atoms with Gasteiger partial charge in [0.15, 0.2) is 0 Å². The van der Waals surface area contributed by atoms with Gasteiger partial charge < -0.3 is 10.4 Å². The van der Waals surface area contributed by atoms with Crippen LogP contribution in [0.3, 0.4) is 0 Å². The van der Waals surface area contributed by atoms with Crippen LogP contribution in [0.5, 0.6) is 0 Å². The van der Waals surface area contributed by atoms with E-state index in [0.717, 1.165) is 12.1 Å². The molecule has 1 aromatic rings. The summed E-state index contributed by atoms with van der Waals surface area (Å²) in [5.74, 6) is -0.721. The molecule has 18 heavy (non-hydrogen) atoms. The van der Waals surface area contributed by atoms with Crippen molar-refractivity contribution in [3.05, 3.63) is 33.1 Å². The van der Waals surface area contributed by atoms with Crippen molar-refractivity contribution in [3.63, 3.8) is 0 Å². The summed E-state index contributed by atoms with van der Waals surface area (Å²) >= 11 is 5.49. The molecule has 0 bridgehead atoms. The average Bonchev–Trinajstić information content (AvgIpc) is 2.32. The topological polar surface area (TPSA) is 75.4 Å². The number of benzene rings is 1. The van der Waals surface area contributed by atoms with E-state index in [-0.39, 0.29) is 16.4 Å². The fourth-order valence-corrected chi connectivity index (χ4v) is 1.56. The zero-order chi connectivity index (χ0) is 13.7. The second-order valence-electron chi connectivity index (χ2n) is 3.82. The maximum Gasteiger partial charge on any atom is 0.294 e. The van der Waals surface area contributed by atoms with Crippen LogP contribution in [0.4, 0.5) is 15.8 Å². The van der Waals surface area contributed by atoms with Crippen molar-refractivity contribution in [2.75, 3.05) is 11.9 Å². The second kappa shape index (κ2) is 6.51. The Morgan fingerprint density at radius 3 is 2.83 bits per heavy atom. The standard InChI is InChI=1S/C11H14ClFN2O3/c1-2-7(16)3-4-14-10-6-9(13)8(12)5-11(10)15(17)18/h5-7,14,16H,2-4H2,1H3. The van der Waals surface area contributed by atoms with Crippen LogP contribution in [-0.2, 0) is 0 Å². The number of halogens is 2. The first kappa shape index (κ1) is 14.7. The first-order valence-corrected chi connectivity index (χ1v) is 5.88. The molecule has 0 saturated heterocycles. The van der Waals surface area contributed by atoms with Crippen LogP contribution in [0, 0.1) is 15.9 Å². The number of nitrogens with zero attached hydrogens (tertiary/aromatic N) is 1. The minimum Gasteiger partial charge on any atom is -0.393 e. The summed E-state index contributed by atoms with van der Waals surface area (Å²) in [6, 6.07) is 1.95. The Morgan fingerprint density at radius 1 is 1.61 bits per heavy atom. The van der Waals surface area contributed by atoms with E-state index >= 15 is 0 Å². The highest BCUT2D eigenvalue weighted by Gasteiger charge is 2.17. The molecule has 1 aromatic carbocycles. The number of nitrogens with one attached hydrogen (secondary N) is 1. The predicted molar refractivity (Wildman–Crippen MR) is 67.5 cm³/mol. The third kappa shape index (κ3) is 3.82. The van der Waals surface area contributed by atoms with Crippen LogP contribution < -0.4 is 5.32 Å². The largest absolute Gasteiger partial charge is 0.393 e. The van der Waals surface area contributed by atoms with Crippen LogP contribution >= 0.6 is 11.6 Å². The van der Waals surface area contributed by atoms with Gasteiger partial charge in [0.2, 0.25) is 0 Å². The van der Waals surface area contributed by atoms with Crippen molar-refractivity contribution in [3.8, 4) is 0 Å². The van der Waals surface area contributed by atoms with Crippen molar-refractivity contribution in [2.45, 2.75) is 25.9 Å². The van der Waals surface area contributed by atoms with Gasteiger partial charge in [0.25, 0.3) is 5.69 Å². The Balaban J connectivity index is 2.80. The molecule has 2 N–H and O–H groups in total. The van der Waals surface area contributed by atoms with E-state index in [1.807, 2.05) is 6.92 Å². The van der Waals surface area contributed by atoms with Crippen LogP contribution in [-0.4, -0.2) is 22.7 Å². The Morgan fingerprint density at radius 2 is 2.28 bits per heavy atom. The van der Waals surface area contributed by atoms with Gasteiger partial charge in [-0.25, -0.2) is 4.39 Å². The molecule has 0 fully saturated rings. The summed E-state index contributed by atoms with van der Waals surface area (Å²) in [6.45, 7) is 2.14. The van der Waals surface area contributed by atoms with E-state index in [1.165, 1.54) is 0 Å². The molecule has 100 valence electrons. The summed E-state index contributed by atoms with van der Waals surface area (Å²) in [4.78, 5) is 10.1. The fraction of sp³-hybridized carbons (Fsp3) is 0.455. The monoisotopic (exact) mass is 276 g/mol. The van der Waals surface area contributed by atoms with Gasteiger partial charge in [-0.15, -0.1) is 0 Å². The highest BCUT2D eigenvalue weighted by atomic mass is 35.5. The molecule has 7 heteroatoms. The number of nitro benzene ring substituents is 1. The predicted octanol–water partition coefficient (Wildman–Crippen LogP) is 2.96.